The SMILES string of the molecule is c1cnc(N2CCOC[C@@]3(CC[C@@H](Cn4cncn4)O3)C2)nc1. The Kier molecular flexibility index (Phi) is 3.92. The molecule has 2 aliphatic heterocycles. The molecule has 2 saturated heterocycles. The molecule has 0 unspecified atom stereocenters. The average molecular weight is 316 g/mol. The first kappa shape index (κ1) is 14.5. The monoisotopic (exact) mass is 316 g/mol. The number of nitrogens with zero attached hydrogens (tertiary/aromatic N) is 6. The zero-order valence-electron chi connectivity index (χ0n) is 12.9. The van der Waals surface area contributed by atoms with E-state index in [-0.39, 0.29) is 11.7 Å². The summed E-state index contributed by atoms with van der Waals surface area (Å²) in [6, 6.07) is 1.83. The lowest BCUT2D eigenvalue weighted by Gasteiger charge is -2.31. The molecule has 4 heterocycles. The molecule has 0 amide bonds. The van der Waals surface area contributed by atoms with Crippen LogP contribution in [0.3, 0.4) is 0 Å². The lowest BCUT2D eigenvalue weighted by atomic mass is 10.0. The summed E-state index contributed by atoms with van der Waals surface area (Å²) in [5, 5.41) is 4.16. The molecule has 0 bridgehead atoms. The molecule has 2 aliphatic rings. The predicted octanol–water partition coefficient (Wildman–Crippen LogP) is 0.523. The van der Waals surface area contributed by atoms with Gasteiger partial charge in [0.25, 0.3) is 0 Å². The predicted molar refractivity (Wildman–Crippen MR) is 81.9 cm³/mol. The second kappa shape index (κ2) is 6.21. The number of rotatable bonds is 3. The molecular weight excluding hydrogens is 296 g/mol. The molecule has 2 aromatic rings. The molecule has 2 aromatic heterocycles. The standard InChI is InChI=1S/C15H20N6O2/c1-4-17-14(18-5-1)20-6-7-22-10-15(9-20)3-2-13(23-15)8-21-12-16-11-19-21/h1,4-5,11-13H,2-3,6-10H2/t13-,15+/m0/s1. The van der Waals surface area contributed by atoms with Gasteiger partial charge in [0.05, 0.1) is 32.4 Å². The summed E-state index contributed by atoms with van der Waals surface area (Å²) in [5.74, 6) is 0.737. The van der Waals surface area contributed by atoms with E-state index in [9.17, 15) is 0 Å². The van der Waals surface area contributed by atoms with Crippen molar-refractivity contribution in [2.24, 2.45) is 0 Å². The van der Waals surface area contributed by atoms with Crippen molar-refractivity contribution < 1.29 is 9.47 Å². The first-order valence-corrected chi connectivity index (χ1v) is 7.93. The van der Waals surface area contributed by atoms with Gasteiger partial charge in [-0.25, -0.2) is 15.0 Å². The van der Waals surface area contributed by atoms with E-state index >= 15 is 0 Å². The molecule has 23 heavy (non-hydrogen) atoms. The first-order valence-electron chi connectivity index (χ1n) is 7.93. The third-order valence-corrected chi connectivity index (χ3v) is 4.38. The third kappa shape index (κ3) is 3.18. The van der Waals surface area contributed by atoms with E-state index in [0.717, 1.165) is 38.4 Å². The Morgan fingerprint density at radius 2 is 2.22 bits per heavy atom. The Bertz CT molecular complexity index is 622. The zero-order chi connectivity index (χ0) is 15.5. The molecule has 0 saturated carbocycles. The van der Waals surface area contributed by atoms with Crippen molar-refractivity contribution >= 4 is 5.95 Å². The Morgan fingerprint density at radius 1 is 1.30 bits per heavy atom. The Hall–Kier alpha value is -2.06. The van der Waals surface area contributed by atoms with Crippen LogP contribution in [-0.2, 0) is 16.0 Å². The topological polar surface area (TPSA) is 78.2 Å². The van der Waals surface area contributed by atoms with Crippen LogP contribution >= 0.6 is 0 Å². The number of hydrogen-bond acceptors (Lipinski definition) is 7. The van der Waals surface area contributed by atoms with E-state index in [1.807, 2.05) is 10.7 Å². The van der Waals surface area contributed by atoms with Crippen molar-refractivity contribution in [3.8, 4) is 0 Å². The maximum absolute atomic E-state index is 6.38. The summed E-state index contributed by atoms with van der Waals surface area (Å²) in [6.07, 6.45) is 8.91. The van der Waals surface area contributed by atoms with E-state index in [4.69, 9.17) is 9.47 Å². The molecule has 122 valence electrons. The van der Waals surface area contributed by atoms with Gasteiger partial charge in [-0.1, -0.05) is 0 Å². The van der Waals surface area contributed by atoms with Crippen LogP contribution in [0, 0.1) is 0 Å². The van der Waals surface area contributed by atoms with Crippen LogP contribution in [0.4, 0.5) is 5.95 Å². The van der Waals surface area contributed by atoms with Gasteiger partial charge in [-0.15, -0.1) is 0 Å². The van der Waals surface area contributed by atoms with Gasteiger partial charge in [-0.2, -0.15) is 5.10 Å². The van der Waals surface area contributed by atoms with Gasteiger partial charge in [-0.05, 0) is 18.9 Å². The number of hydrogen-bond donors (Lipinski definition) is 0. The van der Waals surface area contributed by atoms with Crippen LogP contribution in [0.1, 0.15) is 12.8 Å². The largest absolute Gasteiger partial charge is 0.377 e. The lowest BCUT2D eigenvalue weighted by molar-refractivity contribution is -0.0807. The van der Waals surface area contributed by atoms with Gasteiger partial charge in [-0.3, -0.25) is 4.68 Å². The van der Waals surface area contributed by atoms with Crippen LogP contribution in [0.5, 0.6) is 0 Å². The van der Waals surface area contributed by atoms with Gasteiger partial charge >= 0.3 is 0 Å². The number of ether oxygens (including phenoxy) is 2. The zero-order valence-corrected chi connectivity index (χ0v) is 12.9. The molecule has 8 heteroatoms. The third-order valence-electron chi connectivity index (χ3n) is 4.38. The minimum atomic E-state index is -0.291. The van der Waals surface area contributed by atoms with Crippen LogP contribution in [-0.4, -0.2) is 62.7 Å². The van der Waals surface area contributed by atoms with Crippen molar-refractivity contribution in [1.29, 1.82) is 0 Å². The van der Waals surface area contributed by atoms with Gasteiger partial charge in [0.2, 0.25) is 5.95 Å². The number of anilines is 1. The van der Waals surface area contributed by atoms with Crippen LogP contribution in [0.2, 0.25) is 0 Å². The van der Waals surface area contributed by atoms with Crippen molar-refractivity contribution in [1.82, 2.24) is 24.7 Å². The molecule has 8 nitrogen and oxygen atoms in total. The highest BCUT2D eigenvalue weighted by atomic mass is 16.6. The highest BCUT2D eigenvalue weighted by Crippen LogP contribution is 2.34. The Balaban J connectivity index is 1.47. The minimum Gasteiger partial charge on any atom is -0.377 e. The molecule has 4 rings (SSSR count). The lowest BCUT2D eigenvalue weighted by Crippen LogP contribution is -2.45. The van der Waals surface area contributed by atoms with Crippen molar-refractivity contribution in [3.05, 3.63) is 31.1 Å². The smallest absolute Gasteiger partial charge is 0.225 e. The maximum atomic E-state index is 6.38. The molecule has 0 aromatic carbocycles. The molecule has 2 fully saturated rings. The maximum Gasteiger partial charge on any atom is 0.225 e. The van der Waals surface area contributed by atoms with Crippen molar-refractivity contribution in [3.63, 3.8) is 0 Å². The van der Waals surface area contributed by atoms with Crippen LogP contribution in [0.25, 0.3) is 0 Å². The normalized spacial score (nSPS) is 28.2. The molecule has 0 radical (unpaired) electrons. The number of aromatic nitrogens is 5. The summed E-state index contributed by atoms with van der Waals surface area (Å²) < 4.78 is 14.0. The van der Waals surface area contributed by atoms with Crippen molar-refractivity contribution in [2.75, 3.05) is 31.2 Å². The van der Waals surface area contributed by atoms with Gasteiger partial charge in [0, 0.05) is 18.9 Å². The minimum absolute atomic E-state index is 0.136. The first-order chi connectivity index (χ1) is 11.3. The summed E-state index contributed by atoms with van der Waals surface area (Å²) in [5.41, 5.74) is -0.291. The highest BCUT2D eigenvalue weighted by Gasteiger charge is 2.43. The average Bonchev–Trinajstić information content (AvgIpc) is 3.17. The molecule has 0 aliphatic carbocycles. The summed E-state index contributed by atoms with van der Waals surface area (Å²) in [7, 11) is 0. The van der Waals surface area contributed by atoms with E-state index in [1.165, 1.54) is 0 Å². The Morgan fingerprint density at radius 3 is 3.04 bits per heavy atom. The fourth-order valence-electron chi connectivity index (χ4n) is 3.31. The summed E-state index contributed by atoms with van der Waals surface area (Å²) in [4.78, 5) is 14.9. The van der Waals surface area contributed by atoms with Gasteiger partial charge in [0.1, 0.15) is 18.3 Å². The highest BCUT2D eigenvalue weighted by molar-refractivity contribution is 5.30. The van der Waals surface area contributed by atoms with E-state index in [0.29, 0.717) is 13.2 Å². The molecular formula is C15H20N6O2. The van der Waals surface area contributed by atoms with E-state index < -0.39 is 0 Å². The quantitative estimate of drug-likeness (QED) is 0.817. The molecule has 0 N–H and O–H groups in total. The Labute approximate surface area is 134 Å². The second-order valence-electron chi connectivity index (χ2n) is 6.10. The van der Waals surface area contributed by atoms with Crippen LogP contribution in [0.15, 0.2) is 31.1 Å². The van der Waals surface area contributed by atoms with Crippen molar-refractivity contribution in [2.45, 2.75) is 31.1 Å². The molecule has 1 spiro atoms. The fourth-order valence-corrected chi connectivity index (χ4v) is 3.31. The van der Waals surface area contributed by atoms with E-state index in [1.54, 1.807) is 25.0 Å². The fraction of sp³-hybridized carbons (Fsp3) is 0.600. The van der Waals surface area contributed by atoms with Gasteiger partial charge < -0.3 is 14.4 Å². The van der Waals surface area contributed by atoms with E-state index in [2.05, 4.69) is 25.0 Å². The van der Waals surface area contributed by atoms with Crippen LogP contribution < -0.4 is 4.90 Å². The summed E-state index contributed by atoms with van der Waals surface area (Å²) >= 11 is 0. The second-order valence-corrected chi connectivity index (χ2v) is 6.10. The van der Waals surface area contributed by atoms with Gasteiger partial charge in [0.15, 0.2) is 0 Å². The molecule has 2 atom stereocenters. The summed E-state index contributed by atoms with van der Waals surface area (Å²) in [6.45, 7) is 3.54.